The molecule has 1 aromatic carbocycles. The average Bonchev–Trinajstić information content (AvgIpc) is 2.83. The molecule has 0 N–H and O–H groups in total. The molecule has 96 valence electrons. The largest absolute Gasteiger partial charge is 0.305 e. The molecule has 0 spiro atoms. The number of nitrogens with zero attached hydrogens (tertiary/aromatic N) is 4. The first-order chi connectivity index (χ1) is 9.24. The van der Waals surface area contributed by atoms with Gasteiger partial charge in [0, 0.05) is 24.5 Å². The Balaban J connectivity index is 1.98. The molecule has 3 rings (SSSR count). The van der Waals surface area contributed by atoms with E-state index in [1.807, 2.05) is 18.5 Å². The molecule has 0 bridgehead atoms. The molecule has 0 saturated heterocycles. The van der Waals surface area contributed by atoms with E-state index in [1.165, 1.54) is 5.56 Å². The predicted octanol–water partition coefficient (Wildman–Crippen LogP) is 2.46. The topological polar surface area (TPSA) is 33.4 Å². The summed E-state index contributed by atoms with van der Waals surface area (Å²) in [5.74, 6) is 0. The molecule has 4 heteroatoms. The summed E-state index contributed by atoms with van der Waals surface area (Å²) in [4.78, 5) is 6.54. The minimum atomic E-state index is 0.892. The van der Waals surface area contributed by atoms with Gasteiger partial charge in [0.2, 0.25) is 0 Å². The molecule has 0 aliphatic carbocycles. The first-order valence-electron chi connectivity index (χ1n) is 6.26. The van der Waals surface area contributed by atoms with Crippen molar-refractivity contribution in [3.63, 3.8) is 0 Å². The van der Waals surface area contributed by atoms with Gasteiger partial charge in [-0.25, -0.2) is 9.50 Å². The number of rotatable bonds is 3. The third kappa shape index (κ3) is 2.35. The smallest absolute Gasteiger partial charge is 0.162 e. The maximum atomic E-state index is 4.38. The van der Waals surface area contributed by atoms with E-state index in [1.54, 1.807) is 10.7 Å². The van der Waals surface area contributed by atoms with Gasteiger partial charge in [0.1, 0.15) is 0 Å². The Bertz CT molecular complexity index is 683. The quantitative estimate of drug-likeness (QED) is 0.718. The Morgan fingerprint density at radius 2 is 1.95 bits per heavy atom. The van der Waals surface area contributed by atoms with Crippen LogP contribution in [-0.4, -0.2) is 33.6 Å². The van der Waals surface area contributed by atoms with Crippen molar-refractivity contribution >= 4 is 5.65 Å². The lowest BCUT2D eigenvalue weighted by atomic mass is 10.1. The molecule has 0 aliphatic rings. The van der Waals surface area contributed by atoms with Crippen LogP contribution in [0.5, 0.6) is 0 Å². The van der Waals surface area contributed by atoms with Gasteiger partial charge in [-0.05, 0) is 31.3 Å². The second kappa shape index (κ2) is 4.82. The van der Waals surface area contributed by atoms with Crippen LogP contribution in [0.3, 0.4) is 0 Å². The second-order valence-corrected chi connectivity index (χ2v) is 4.88. The van der Waals surface area contributed by atoms with E-state index < -0.39 is 0 Å². The highest BCUT2D eigenvalue weighted by atomic mass is 15.2. The van der Waals surface area contributed by atoms with Crippen molar-refractivity contribution in [2.75, 3.05) is 14.1 Å². The molecule has 19 heavy (non-hydrogen) atoms. The molecule has 0 unspecified atom stereocenters. The lowest BCUT2D eigenvalue weighted by Crippen LogP contribution is -2.10. The van der Waals surface area contributed by atoms with Crippen LogP contribution in [0.1, 0.15) is 5.56 Å². The third-order valence-corrected chi connectivity index (χ3v) is 3.04. The van der Waals surface area contributed by atoms with Gasteiger partial charge in [0.25, 0.3) is 0 Å². The second-order valence-electron chi connectivity index (χ2n) is 4.88. The predicted molar refractivity (Wildman–Crippen MR) is 75.8 cm³/mol. The molecule has 0 atom stereocenters. The highest BCUT2D eigenvalue weighted by molar-refractivity contribution is 5.76. The SMILES string of the molecule is CN(C)Cc1ccc(-c2cnn3cccnc23)cc1. The third-order valence-electron chi connectivity index (χ3n) is 3.04. The minimum absolute atomic E-state index is 0.892. The Hall–Kier alpha value is -2.20. The first-order valence-corrected chi connectivity index (χ1v) is 6.26. The van der Waals surface area contributed by atoms with Gasteiger partial charge in [-0.1, -0.05) is 24.3 Å². The van der Waals surface area contributed by atoms with Crippen LogP contribution in [0.4, 0.5) is 0 Å². The Morgan fingerprint density at radius 3 is 2.68 bits per heavy atom. The van der Waals surface area contributed by atoms with Crippen LogP contribution in [-0.2, 0) is 6.54 Å². The number of fused-ring (bicyclic) bond motifs is 1. The minimum Gasteiger partial charge on any atom is -0.305 e. The first kappa shape index (κ1) is 11.9. The van der Waals surface area contributed by atoms with Crippen LogP contribution >= 0.6 is 0 Å². The highest BCUT2D eigenvalue weighted by Gasteiger charge is 2.07. The van der Waals surface area contributed by atoms with Crippen LogP contribution in [0.25, 0.3) is 16.8 Å². The maximum Gasteiger partial charge on any atom is 0.162 e. The van der Waals surface area contributed by atoms with Gasteiger partial charge in [-0.15, -0.1) is 0 Å². The van der Waals surface area contributed by atoms with E-state index in [4.69, 9.17) is 0 Å². The summed E-state index contributed by atoms with van der Waals surface area (Å²) in [6, 6.07) is 10.4. The highest BCUT2D eigenvalue weighted by Crippen LogP contribution is 2.23. The summed E-state index contributed by atoms with van der Waals surface area (Å²) in [6.07, 6.45) is 5.57. The van der Waals surface area contributed by atoms with Crippen LogP contribution in [0.2, 0.25) is 0 Å². The number of hydrogen-bond donors (Lipinski definition) is 0. The van der Waals surface area contributed by atoms with Crippen molar-refractivity contribution in [1.82, 2.24) is 19.5 Å². The molecule has 3 aromatic rings. The van der Waals surface area contributed by atoms with Crippen molar-refractivity contribution in [1.29, 1.82) is 0 Å². The summed E-state index contributed by atoms with van der Waals surface area (Å²) in [6.45, 7) is 0.952. The van der Waals surface area contributed by atoms with E-state index in [0.29, 0.717) is 0 Å². The Morgan fingerprint density at radius 1 is 1.16 bits per heavy atom. The number of aromatic nitrogens is 3. The summed E-state index contributed by atoms with van der Waals surface area (Å²) in [7, 11) is 4.15. The fourth-order valence-electron chi connectivity index (χ4n) is 2.19. The molecular formula is C15H16N4. The Labute approximate surface area is 112 Å². The van der Waals surface area contributed by atoms with Crippen molar-refractivity contribution in [3.05, 3.63) is 54.5 Å². The maximum absolute atomic E-state index is 4.38. The van der Waals surface area contributed by atoms with Crippen molar-refractivity contribution in [2.45, 2.75) is 6.54 Å². The normalized spacial score (nSPS) is 11.3. The van der Waals surface area contributed by atoms with Crippen LogP contribution in [0, 0.1) is 0 Å². The zero-order valence-electron chi connectivity index (χ0n) is 11.1. The lowest BCUT2D eigenvalue weighted by Gasteiger charge is -2.09. The monoisotopic (exact) mass is 252 g/mol. The van der Waals surface area contributed by atoms with Crippen molar-refractivity contribution < 1.29 is 0 Å². The number of benzene rings is 1. The average molecular weight is 252 g/mol. The molecule has 0 radical (unpaired) electrons. The van der Waals surface area contributed by atoms with Gasteiger partial charge in [0.05, 0.1) is 6.20 Å². The Kier molecular flexibility index (Phi) is 3.01. The summed E-state index contributed by atoms with van der Waals surface area (Å²) in [5.41, 5.74) is 4.41. The summed E-state index contributed by atoms with van der Waals surface area (Å²) in [5, 5.41) is 4.31. The van der Waals surface area contributed by atoms with E-state index in [9.17, 15) is 0 Å². The van der Waals surface area contributed by atoms with Gasteiger partial charge in [0.15, 0.2) is 5.65 Å². The molecule has 0 aliphatic heterocycles. The molecule has 0 saturated carbocycles. The number of hydrogen-bond acceptors (Lipinski definition) is 3. The van der Waals surface area contributed by atoms with Crippen molar-refractivity contribution in [3.8, 4) is 11.1 Å². The summed E-state index contributed by atoms with van der Waals surface area (Å²) < 4.78 is 1.79. The van der Waals surface area contributed by atoms with Gasteiger partial charge >= 0.3 is 0 Å². The zero-order valence-corrected chi connectivity index (χ0v) is 11.1. The van der Waals surface area contributed by atoms with Gasteiger partial charge < -0.3 is 4.90 Å². The molecule has 4 nitrogen and oxygen atoms in total. The van der Waals surface area contributed by atoms with Crippen LogP contribution in [0.15, 0.2) is 48.9 Å². The van der Waals surface area contributed by atoms with Crippen LogP contribution < -0.4 is 0 Å². The molecule has 0 fully saturated rings. The lowest BCUT2D eigenvalue weighted by molar-refractivity contribution is 0.402. The van der Waals surface area contributed by atoms with Crippen molar-refractivity contribution in [2.24, 2.45) is 0 Å². The van der Waals surface area contributed by atoms with E-state index in [-0.39, 0.29) is 0 Å². The summed E-state index contributed by atoms with van der Waals surface area (Å²) >= 11 is 0. The van der Waals surface area contributed by atoms with E-state index in [2.05, 4.69) is 53.3 Å². The molecular weight excluding hydrogens is 236 g/mol. The van der Waals surface area contributed by atoms with Gasteiger partial charge in [-0.3, -0.25) is 0 Å². The van der Waals surface area contributed by atoms with E-state index in [0.717, 1.165) is 23.3 Å². The zero-order chi connectivity index (χ0) is 13.2. The fourth-order valence-corrected chi connectivity index (χ4v) is 2.19. The molecule has 2 heterocycles. The standard InChI is InChI=1S/C15H16N4/c1-18(2)11-12-4-6-13(7-5-12)14-10-17-19-9-3-8-16-15(14)19/h3-10H,11H2,1-2H3. The molecule has 0 amide bonds. The van der Waals surface area contributed by atoms with E-state index >= 15 is 0 Å². The molecule has 2 aromatic heterocycles. The fraction of sp³-hybridized carbons (Fsp3) is 0.200. The van der Waals surface area contributed by atoms with Gasteiger partial charge in [-0.2, -0.15) is 5.10 Å².